The van der Waals surface area contributed by atoms with Gasteiger partial charge in [-0.2, -0.15) is 8.78 Å². The van der Waals surface area contributed by atoms with Crippen LogP contribution in [-0.4, -0.2) is 75.2 Å². The van der Waals surface area contributed by atoms with E-state index >= 15 is 0 Å². The third-order valence-electron chi connectivity index (χ3n) is 5.87. The summed E-state index contributed by atoms with van der Waals surface area (Å²) in [6, 6.07) is 2.90. The van der Waals surface area contributed by atoms with Crippen molar-refractivity contribution in [3.05, 3.63) is 29.8 Å². The van der Waals surface area contributed by atoms with E-state index in [1.807, 2.05) is 0 Å². The zero-order valence-corrected chi connectivity index (χ0v) is 19.1. The largest absolute Gasteiger partial charge is 0.435 e. The molecule has 0 aromatic heterocycles. The number of carbonyl (C=O) groups excluding carboxylic acids is 3. The molecule has 0 radical (unpaired) electrons. The van der Waals surface area contributed by atoms with Crippen molar-refractivity contribution >= 4 is 27.6 Å². The highest BCUT2D eigenvalue weighted by Gasteiger charge is 2.41. The molecule has 3 unspecified atom stereocenters. The first-order valence-corrected chi connectivity index (χ1v) is 12.6. The van der Waals surface area contributed by atoms with Crippen molar-refractivity contribution in [2.75, 3.05) is 25.5 Å². The third kappa shape index (κ3) is 6.63. The van der Waals surface area contributed by atoms with Crippen LogP contribution in [0.1, 0.15) is 24.8 Å². The monoisotopic (exact) mass is 503 g/mol. The number of hydrogen-bond acceptors (Lipinski definition) is 7. The van der Waals surface area contributed by atoms with E-state index in [0.717, 1.165) is 0 Å². The summed E-state index contributed by atoms with van der Waals surface area (Å²) in [5.41, 5.74) is 5.44. The fraction of sp³-hybridized carbons (Fsp3) is 0.571. The molecule has 34 heavy (non-hydrogen) atoms. The lowest BCUT2D eigenvalue weighted by Crippen LogP contribution is -2.59. The Kier molecular flexibility index (Phi) is 8.42. The first-order valence-electron chi connectivity index (χ1n) is 10.8. The van der Waals surface area contributed by atoms with Gasteiger partial charge in [-0.15, -0.1) is 0 Å². The van der Waals surface area contributed by atoms with Crippen molar-refractivity contribution in [1.82, 2.24) is 10.2 Å². The number of rotatable bonds is 9. The van der Waals surface area contributed by atoms with Gasteiger partial charge in [-0.3, -0.25) is 9.59 Å². The number of Topliss-reactive ketones (excluding diaryl/α,β-unsaturated/α-hetero) is 1. The number of halogens is 2. The molecular weight excluding hydrogens is 476 g/mol. The number of nitrogens with one attached hydrogen (secondary N) is 1. The summed E-state index contributed by atoms with van der Waals surface area (Å²) in [6.07, 6.45) is 1.35. The zero-order valence-electron chi connectivity index (χ0n) is 18.3. The summed E-state index contributed by atoms with van der Waals surface area (Å²) in [7, 11) is -4.09. The molecule has 188 valence electrons. The molecule has 13 heteroatoms. The number of sulfone groups is 1. The van der Waals surface area contributed by atoms with E-state index in [-0.39, 0.29) is 36.9 Å². The number of urea groups is 1. The van der Waals surface area contributed by atoms with Crippen molar-refractivity contribution in [2.45, 2.75) is 43.7 Å². The molecule has 1 heterocycles. The number of carbonyl (C=O) groups is 3. The molecule has 10 nitrogen and oxygen atoms in total. The number of hydrogen-bond donors (Lipinski definition) is 2. The summed E-state index contributed by atoms with van der Waals surface area (Å²) < 4.78 is 61.4. The summed E-state index contributed by atoms with van der Waals surface area (Å²) in [6.45, 7) is -3.04. The lowest BCUT2D eigenvalue weighted by atomic mass is 9.98. The molecule has 3 N–H and O–H groups in total. The van der Waals surface area contributed by atoms with Crippen LogP contribution in [0.3, 0.4) is 0 Å². The Hall–Kier alpha value is -2.80. The van der Waals surface area contributed by atoms with Crippen molar-refractivity contribution < 1.29 is 41.1 Å². The molecule has 2 aliphatic rings. The Bertz CT molecular complexity index is 1020. The van der Waals surface area contributed by atoms with Gasteiger partial charge < -0.3 is 25.4 Å². The summed E-state index contributed by atoms with van der Waals surface area (Å²) in [4.78, 5) is 38.3. The second-order valence-corrected chi connectivity index (χ2v) is 10.4. The van der Waals surface area contributed by atoms with Crippen LogP contribution < -0.4 is 15.8 Å². The van der Waals surface area contributed by atoms with E-state index < -0.39 is 57.9 Å². The molecule has 3 atom stereocenters. The Labute approximate surface area is 195 Å². The van der Waals surface area contributed by atoms with Crippen LogP contribution in [0.25, 0.3) is 0 Å². The smallest absolute Gasteiger partial charge is 0.387 e. The molecule has 1 aliphatic heterocycles. The maximum absolute atomic E-state index is 13.2. The molecule has 1 saturated carbocycles. The van der Waals surface area contributed by atoms with Gasteiger partial charge in [0.25, 0.3) is 0 Å². The van der Waals surface area contributed by atoms with Crippen LogP contribution in [0.15, 0.2) is 24.3 Å². The minimum atomic E-state index is -4.09. The predicted octanol–water partition coefficient (Wildman–Crippen LogP) is 0.836. The number of morpholine rings is 1. The standard InChI is InChI=1S/C21H27F2N3O7S/c22-20(23)33-18-7-2-1-4-13(18)11-34(30,31)12-14(16-10-32-9-8-26(16)21(24)29)19(28)25-15-5-3-6-17(15)27/h1-2,4,7,14-16,20H,3,5-6,8-12H2,(H2,24,29)(H,25,28). The van der Waals surface area contributed by atoms with Crippen LogP contribution in [0.5, 0.6) is 5.75 Å². The second-order valence-electron chi connectivity index (χ2n) is 8.24. The highest BCUT2D eigenvalue weighted by Crippen LogP contribution is 2.26. The molecule has 2 fully saturated rings. The van der Waals surface area contributed by atoms with Gasteiger partial charge >= 0.3 is 12.6 Å². The molecule has 3 rings (SSSR count). The molecule has 1 saturated heterocycles. The van der Waals surface area contributed by atoms with Gasteiger partial charge in [0.05, 0.1) is 42.7 Å². The normalized spacial score (nSPS) is 22.0. The zero-order chi connectivity index (χ0) is 24.9. The molecule has 1 aromatic carbocycles. The number of alkyl halides is 2. The first-order chi connectivity index (χ1) is 16.1. The Balaban J connectivity index is 1.86. The van der Waals surface area contributed by atoms with Crippen LogP contribution in [0.4, 0.5) is 13.6 Å². The summed E-state index contributed by atoms with van der Waals surface area (Å²) in [5, 5.41) is 2.60. The fourth-order valence-electron chi connectivity index (χ4n) is 4.24. The van der Waals surface area contributed by atoms with E-state index in [9.17, 15) is 31.6 Å². The van der Waals surface area contributed by atoms with Gasteiger partial charge in [-0.1, -0.05) is 18.2 Å². The molecule has 1 aromatic rings. The van der Waals surface area contributed by atoms with E-state index in [1.165, 1.54) is 29.2 Å². The van der Waals surface area contributed by atoms with Gasteiger partial charge in [0, 0.05) is 18.5 Å². The fourth-order valence-corrected chi connectivity index (χ4v) is 5.99. The third-order valence-corrected chi connectivity index (χ3v) is 7.49. The van der Waals surface area contributed by atoms with Crippen LogP contribution in [0.2, 0.25) is 0 Å². The van der Waals surface area contributed by atoms with E-state index in [1.54, 1.807) is 0 Å². The molecule has 0 spiro atoms. The number of benzene rings is 1. The average molecular weight is 504 g/mol. The predicted molar refractivity (Wildman–Crippen MR) is 116 cm³/mol. The Morgan fingerprint density at radius 3 is 2.68 bits per heavy atom. The molecular formula is C21H27F2N3O7S. The topological polar surface area (TPSA) is 145 Å². The van der Waals surface area contributed by atoms with Crippen LogP contribution in [0, 0.1) is 5.92 Å². The second kappa shape index (κ2) is 11.1. The van der Waals surface area contributed by atoms with E-state index in [2.05, 4.69) is 10.1 Å². The SMILES string of the molecule is NC(=O)N1CCOCC1C(CS(=O)(=O)Cc1ccccc1OC(F)F)C(=O)NC1CCCC1=O. The maximum atomic E-state index is 13.2. The van der Waals surface area contributed by atoms with E-state index in [4.69, 9.17) is 10.5 Å². The average Bonchev–Trinajstić information content (AvgIpc) is 3.17. The van der Waals surface area contributed by atoms with Crippen molar-refractivity contribution in [3.63, 3.8) is 0 Å². The quantitative estimate of drug-likeness (QED) is 0.508. The lowest BCUT2D eigenvalue weighted by Gasteiger charge is -2.38. The van der Waals surface area contributed by atoms with Gasteiger partial charge in [0.2, 0.25) is 5.91 Å². The van der Waals surface area contributed by atoms with Crippen LogP contribution >= 0.6 is 0 Å². The van der Waals surface area contributed by atoms with E-state index in [0.29, 0.717) is 19.3 Å². The van der Waals surface area contributed by atoms with Crippen molar-refractivity contribution in [1.29, 1.82) is 0 Å². The minimum absolute atomic E-state index is 0.000389. The Morgan fingerprint density at radius 1 is 1.29 bits per heavy atom. The molecule has 0 bridgehead atoms. The number of amides is 3. The summed E-state index contributed by atoms with van der Waals surface area (Å²) >= 11 is 0. The highest BCUT2D eigenvalue weighted by atomic mass is 32.2. The van der Waals surface area contributed by atoms with Crippen molar-refractivity contribution in [3.8, 4) is 5.75 Å². The number of ketones is 1. The maximum Gasteiger partial charge on any atom is 0.387 e. The number of ether oxygens (including phenoxy) is 2. The van der Waals surface area contributed by atoms with Gasteiger partial charge in [0.1, 0.15) is 5.75 Å². The first kappa shape index (κ1) is 25.8. The van der Waals surface area contributed by atoms with Crippen molar-refractivity contribution in [2.24, 2.45) is 11.7 Å². The molecule has 1 aliphatic carbocycles. The van der Waals surface area contributed by atoms with Gasteiger partial charge in [-0.25, -0.2) is 13.2 Å². The number of nitrogens with two attached hydrogens (primary N) is 1. The van der Waals surface area contributed by atoms with Crippen LogP contribution in [-0.2, 0) is 29.9 Å². The highest BCUT2D eigenvalue weighted by molar-refractivity contribution is 7.90. The molecule has 3 amide bonds. The summed E-state index contributed by atoms with van der Waals surface area (Å²) in [5.74, 6) is -3.86. The Morgan fingerprint density at radius 2 is 2.03 bits per heavy atom. The number of primary amides is 1. The van der Waals surface area contributed by atoms with Gasteiger partial charge in [0.15, 0.2) is 15.6 Å². The number of para-hydroxylation sites is 1. The number of nitrogens with zero attached hydrogens (tertiary/aromatic N) is 1. The minimum Gasteiger partial charge on any atom is -0.435 e. The lowest BCUT2D eigenvalue weighted by molar-refractivity contribution is -0.131. The van der Waals surface area contributed by atoms with Gasteiger partial charge in [-0.05, 0) is 18.9 Å².